The number of nitrogens with zero attached hydrogens (tertiary/aromatic N) is 3. The summed E-state index contributed by atoms with van der Waals surface area (Å²) in [6.07, 6.45) is 7.82. The van der Waals surface area contributed by atoms with Crippen molar-refractivity contribution in [1.82, 2.24) is 15.5 Å². The number of nitrogens with one attached hydrogen (secondary N) is 2. The van der Waals surface area contributed by atoms with E-state index in [0.717, 1.165) is 51.6 Å². The van der Waals surface area contributed by atoms with E-state index in [1.54, 1.807) is 0 Å². The highest BCUT2D eigenvalue weighted by atomic mass is 127. The molecule has 2 aliphatic rings. The number of benzene rings is 1. The highest BCUT2D eigenvalue weighted by molar-refractivity contribution is 14.0. The highest BCUT2D eigenvalue weighted by Gasteiger charge is 2.17. The molecule has 1 saturated carbocycles. The zero-order valence-electron chi connectivity index (χ0n) is 16.7. The topological polar surface area (TPSA) is 42.9 Å². The number of hydrogen-bond acceptors (Lipinski definition) is 3. The van der Waals surface area contributed by atoms with Crippen molar-refractivity contribution in [2.24, 2.45) is 4.99 Å². The SMILES string of the molecule is CN=C(NCCCN1CCN(c2ccccc2)CC1)NC1CCCCC1.I. The first kappa shape index (κ1) is 22.3. The number of rotatable bonds is 6. The third-order valence-electron chi connectivity index (χ3n) is 5.61. The van der Waals surface area contributed by atoms with Gasteiger partial charge in [-0.3, -0.25) is 9.89 Å². The van der Waals surface area contributed by atoms with Crippen molar-refractivity contribution in [3.05, 3.63) is 30.3 Å². The van der Waals surface area contributed by atoms with E-state index in [2.05, 4.69) is 55.8 Å². The molecule has 3 rings (SSSR count). The second kappa shape index (κ2) is 12.4. The van der Waals surface area contributed by atoms with Gasteiger partial charge in [-0.1, -0.05) is 37.5 Å². The predicted molar refractivity (Wildman–Crippen MR) is 126 cm³/mol. The Morgan fingerprint density at radius 1 is 1.04 bits per heavy atom. The van der Waals surface area contributed by atoms with Crippen LogP contribution in [0.2, 0.25) is 0 Å². The van der Waals surface area contributed by atoms with Gasteiger partial charge in [0.1, 0.15) is 0 Å². The standard InChI is InChI=1S/C21H35N5.HI/c1-22-21(24-19-9-4-2-5-10-19)23-13-8-14-25-15-17-26(18-16-25)20-11-6-3-7-12-20;/h3,6-7,11-12,19H,2,4-5,8-10,13-18H2,1H3,(H2,22,23,24);1H. The van der Waals surface area contributed by atoms with Gasteiger partial charge in [-0.2, -0.15) is 0 Å². The average Bonchev–Trinajstić information content (AvgIpc) is 2.72. The zero-order valence-corrected chi connectivity index (χ0v) is 19.0. The molecule has 1 aliphatic heterocycles. The number of aliphatic imine (C=N–C) groups is 1. The molecule has 5 nitrogen and oxygen atoms in total. The van der Waals surface area contributed by atoms with Crippen molar-refractivity contribution in [2.45, 2.75) is 44.6 Å². The van der Waals surface area contributed by atoms with Crippen molar-refractivity contribution in [1.29, 1.82) is 0 Å². The summed E-state index contributed by atoms with van der Waals surface area (Å²) in [5.74, 6) is 0.978. The van der Waals surface area contributed by atoms with Crippen LogP contribution in [0.5, 0.6) is 0 Å². The lowest BCUT2D eigenvalue weighted by Gasteiger charge is -2.36. The van der Waals surface area contributed by atoms with E-state index in [-0.39, 0.29) is 24.0 Å². The van der Waals surface area contributed by atoms with E-state index in [1.807, 2.05) is 7.05 Å². The lowest BCUT2D eigenvalue weighted by molar-refractivity contribution is 0.255. The molecule has 0 unspecified atom stereocenters. The van der Waals surface area contributed by atoms with Crippen LogP contribution in [0.3, 0.4) is 0 Å². The van der Waals surface area contributed by atoms with Gasteiger partial charge in [0, 0.05) is 51.5 Å². The molecule has 0 aromatic heterocycles. The van der Waals surface area contributed by atoms with Crippen LogP contribution in [0.25, 0.3) is 0 Å². The highest BCUT2D eigenvalue weighted by Crippen LogP contribution is 2.17. The Kier molecular flexibility index (Phi) is 10.3. The second-order valence-corrected chi connectivity index (χ2v) is 7.50. The summed E-state index contributed by atoms with van der Waals surface area (Å²) in [6, 6.07) is 11.4. The van der Waals surface area contributed by atoms with Crippen molar-refractivity contribution >= 4 is 35.6 Å². The average molecular weight is 485 g/mol. The molecule has 6 heteroatoms. The van der Waals surface area contributed by atoms with Gasteiger partial charge in [-0.15, -0.1) is 24.0 Å². The molecular weight excluding hydrogens is 449 g/mol. The van der Waals surface area contributed by atoms with Crippen molar-refractivity contribution < 1.29 is 0 Å². The fraction of sp³-hybridized carbons (Fsp3) is 0.667. The molecule has 1 saturated heterocycles. The summed E-state index contributed by atoms with van der Waals surface area (Å²) in [5.41, 5.74) is 1.35. The monoisotopic (exact) mass is 485 g/mol. The van der Waals surface area contributed by atoms with E-state index in [0.29, 0.717) is 6.04 Å². The summed E-state index contributed by atoms with van der Waals surface area (Å²) in [6.45, 7) is 6.72. The largest absolute Gasteiger partial charge is 0.369 e. The van der Waals surface area contributed by atoms with Gasteiger partial charge in [0.05, 0.1) is 0 Å². The minimum absolute atomic E-state index is 0. The number of guanidine groups is 1. The van der Waals surface area contributed by atoms with E-state index in [9.17, 15) is 0 Å². The van der Waals surface area contributed by atoms with E-state index in [1.165, 1.54) is 37.8 Å². The molecule has 152 valence electrons. The van der Waals surface area contributed by atoms with Crippen molar-refractivity contribution in [3.8, 4) is 0 Å². The maximum Gasteiger partial charge on any atom is 0.191 e. The lowest BCUT2D eigenvalue weighted by atomic mass is 9.96. The van der Waals surface area contributed by atoms with E-state index in [4.69, 9.17) is 0 Å². The molecule has 27 heavy (non-hydrogen) atoms. The molecule has 0 bridgehead atoms. The Hall–Kier alpha value is -1.02. The van der Waals surface area contributed by atoms with Gasteiger partial charge < -0.3 is 15.5 Å². The number of halogens is 1. The number of anilines is 1. The van der Waals surface area contributed by atoms with Crippen LogP contribution in [-0.2, 0) is 0 Å². The third-order valence-corrected chi connectivity index (χ3v) is 5.61. The van der Waals surface area contributed by atoms with Crippen LogP contribution < -0.4 is 15.5 Å². The predicted octanol–water partition coefficient (Wildman–Crippen LogP) is 3.31. The first-order valence-corrected chi connectivity index (χ1v) is 10.3. The van der Waals surface area contributed by atoms with Crippen molar-refractivity contribution in [2.75, 3.05) is 51.2 Å². The molecule has 2 N–H and O–H groups in total. The van der Waals surface area contributed by atoms with Gasteiger partial charge in [-0.05, 0) is 37.9 Å². The van der Waals surface area contributed by atoms with Crippen LogP contribution >= 0.6 is 24.0 Å². The number of piperazine rings is 1. The van der Waals surface area contributed by atoms with Crippen LogP contribution in [0.15, 0.2) is 35.3 Å². The summed E-state index contributed by atoms with van der Waals surface area (Å²) < 4.78 is 0. The number of hydrogen-bond donors (Lipinski definition) is 2. The van der Waals surface area contributed by atoms with E-state index >= 15 is 0 Å². The minimum atomic E-state index is 0. The van der Waals surface area contributed by atoms with E-state index < -0.39 is 0 Å². The fourth-order valence-electron chi connectivity index (χ4n) is 4.01. The minimum Gasteiger partial charge on any atom is -0.369 e. The fourth-order valence-corrected chi connectivity index (χ4v) is 4.01. The zero-order chi connectivity index (χ0) is 18.0. The lowest BCUT2D eigenvalue weighted by Crippen LogP contribution is -2.47. The van der Waals surface area contributed by atoms with Gasteiger partial charge in [0.2, 0.25) is 0 Å². The van der Waals surface area contributed by atoms with Gasteiger partial charge in [0.25, 0.3) is 0 Å². The smallest absolute Gasteiger partial charge is 0.191 e. The normalized spacial score (nSPS) is 19.4. The molecule has 0 radical (unpaired) electrons. The molecule has 0 atom stereocenters. The Labute approximate surface area is 182 Å². The molecule has 0 spiro atoms. The molecule has 1 heterocycles. The molecule has 2 fully saturated rings. The van der Waals surface area contributed by atoms with Crippen LogP contribution in [0.1, 0.15) is 38.5 Å². The quantitative estimate of drug-likeness (QED) is 0.281. The Balaban J connectivity index is 0.00000261. The third kappa shape index (κ3) is 7.49. The molecule has 1 aliphatic carbocycles. The maximum atomic E-state index is 4.38. The summed E-state index contributed by atoms with van der Waals surface area (Å²) in [5, 5.41) is 7.08. The first-order valence-electron chi connectivity index (χ1n) is 10.3. The molecular formula is C21H36IN5. The molecule has 1 aromatic carbocycles. The summed E-state index contributed by atoms with van der Waals surface area (Å²) in [7, 11) is 1.88. The van der Waals surface area contributed by atoms with Gasteiger partial charge in [0.15, 0.2) is 5.96 Å². The van der Waals surface area contributed by atoms with Crippen LogP contribution in [0, 0.1) is 0 Å². The van der Waals surface area contributed by atoms with Crippen LogP contribution in [-0.4, -0.2) is 63.2 Å². The molecule has 0 amide bonds. The van der Waals surface area contributed by atoms with Crippen LogP contribution in [0.4, 0.5) is 5.69 Å². The Morgan fingerprint density at radius 3 is 2.41 bits per heavy atom. The second-order valence-electron chi connectivity index (χ2n) is 7.50. The van der Waals surface area contributed by atoms with Crippen molar-refractivity contribution in [3.63, 3.8) is 0 Å². The number of para-hydroxylation sites is 1. The maximum absolute atomic E-state index is 4.38. The van der Waals surface area contributed by atoms with Gasteiger partial charge >= 0.3 is 0 Å². The van der Waals surface area contributed by atoms with Gasteiger partial charge in [-0.25, -0.2) is 0 Å². The Morgan fingerprint density at radius 2 is 1.74 bits per heavy atom. The summed E-state index contributed by atoms with van der Waals surface area (Å²) >= 11 is 0. The summed E-state index contributed by atoms with van der Waals surface area (Å²) in [4.78, 5) is 9.46. The molecule has 1 aromatic rings. The Bertz CT molecular complexity index is 537. The first-order chi connectivity index (χ1) is 12.8.